The van der Waals surface area contributed by atoms with Crippen LogP contribution in [0.3, 0.4) is 0 Å². The van der Waals surface area contributed by atoms with Gasteiger partial charge in [0.25, 0.3) is 0 Å². The minimum absolute atomic E-state index is 0.308. The number of nitrogens with zero attached hydrogens (tertiary/aromatic N) is 6. The summed E-state index contributed by atoms with van der Waals surface area (Å²) >= 11 is 6.01. The predicted molar refractivity (Wildman–Crippen MR) is 105 cm³/mol. The summed E-state index contributed by atoms with van der Waals surface area (Å²) in [6.07, 6.45) is 4.42. The standard InChI is InChI=1S/C18H20ClN7/c1-25(2)17-8-16(21-11-22-17)23-13-5-6-26(10-13)18-9-20-15-7-12(19)3-4-14(15)24-18/h3-4,7-9,11,13H,5-6,10H2,1-2H3,(H,21,22,23). The van der Waals surface area contributed by atoms with Gasteiger partial charge >= 0.3 is 0 Å². The number of hydrogen-bond donors (Lipinski definition) is 1. The van der Waals surface area contributed by atoms with E-state index < -0.39 is 0 Å². The molecule has 0 aliphatic carbocycles. The lowest BCUT2D eigenvalue weighted by Crippen LogP contribution is -2.27. The van der Waals surface area contributed by atoms with Crippen LogP contribution in [0.25, 0.3) is 11.0 Å². The van der Waals surface area contributed by atoms with Gasteiger partial charge in [0.1, 0.15) is 23.8 Å². The average Bonchev–Trinajstić information content (AvgIpc) is 3.10. The molecule has 0 amide bonds. The minimum atomic E-state index is 0.308. The van der Waals surface area contributed by atoms with Crippen molar-refractivity contribution in [2.45, 2.75) is 12.5 Å². The number of hydrogen-bond acceptors (Lipinski definition) is 7. The number of benzene rings is 1. The Balaban J connectivity index is 1.46. The highest BCUT2D eigenvalue weighted by atomic mass is 35.5. The second-order valence-electron chi connectivity index (χ2n) is 6.59. The van der Waals surface area contributed by atoms with Crippen molar-refractivity contribution in [3.8, 4) is 0 Å². The van der Waals surface area contributed by atoms with E-state index in [0.29, 0.717) is 11.1 Å². The number of nitrogens with one attached hydrogen (secondary N) is 1. The molecule has 1 saturated heterocycles. The van der Waals surface area contributed by atoms with E-state index in [1.165, 1.54) is 0 Å². The van der Waals surface area contributed by atoms with Crippen molar-refractivity contribution in [3.05, 3.63) is 41.8 Å². The molecule has 8 heteroatoms. The van der Waals surface area contributed by atoms with Crippen LogP contribution in [0.2, 0.25) is 5.02 Å². The van der Waals surface area contributed by atoms with Gasteiger partial charge in [-0.15, -0.1) is 0 Å². The average molecular weight is 370 g/mol. The van der Waals surface area contributed by atoms with Crippen molar-refractivity contribution in [2.24, 2.45) is 0 Å². The maximum atomic E-state index is 6.01. The third-order valence-electron chi connectivity index (χ3n) is 4.47. The zero-order chi connectivity index (χ0) is 18.1. The first-order chi connectivity index (χ1) is 12.6. The first kappa shape index (κ1) is 16.8. The summed E-state index contributed by atoms with van der Waals surface area (Å²) in [5, 5.41) is 4.17. The quantitative estimate of drug-likeness (QED) is 0.758. The molecule has 4 rings (SSSR count). The largest absolute Gasteiger partial charge is 0.365 e. The second kappa shape index (κ2) is 6.92. The van der Waals surface area contributed by atoms with E-state index in [2.05, 4.69) is 25.2 Å². The Kier molecular flexibility index (Phi) is 4.46. The van der Waals surface area contributed by atoms with Gasteiger partial charge in [0.05, 0.1) is 17.2 Å². The first-order valence-electron chi connectivity index (χ1n) is 8.51. The van der Waals surface area contributed by atoms with Gasteiger partial charge < -0.3 is 15.1 Å². The molecular weight excluding hydrogens is 350 g/mol. The Morgan fingerprint density at radius 3 is 2.88 bits per heavy atom. The fourth-order valence-electron chi connectivity index (χ4n) is 3.09. The third-order valence-corrected chi connectivity index (χ3v) is 4.70. The molecule has 3 aromatic rings. The molecule has 1 aliphatic rings. The zero-order valence-electron chi connectivity index (χ0n) is 14.7. The fourth-order valence-corrected chi connectivity index (χ4v) is 3.26. The molecule has 1 unspecified atom stereocenters. The molecule has 1 aromatic carbocycles. The van der Waals surface area contributed by atoms with Gasteiger partial charge in [0.2, 0.25) is 0 Å². The van der Waals surface area contributed by atoms with Crippen molar-refractivity contribution >= 4 is 40.1 Å². The van der Waals surface area contributed by atoms with Crippen LogP contribution < -0.4 is 15.1 Å². The Morgan fingerprint density at radius 2 is 2.04 bits per heavy atom. The highest BCUT2D eigenvalue weighted by molar-refractivity contribution is 6.31. The number of fused-ring (bicyclic) bond motifs is 1. The van der Waals surface area contributed by atoms with Crippen LogP contribution in [0.4, 0.5) is 17.5 Å². The maximum Gasteiger partial charge on any atom is 0.147 e. The molecule has 0 bridgehead atoms. The molecule has 1 atom stereocenters. The molecule has 0 spiro atoms. The van der Waals surface area contributed by atoms with Crippen molar-refractivity contribution in [3.63, 3.8) is 0 Å². The van der Waals surface area contributed by atoms with E-state index in [9.17, 15) is 0 Å². The molecule has 1 N–H and O–H groups in total. The summed E-state index contributed by atoms with van der Waals surface area (Å²) in [6, 6.07) is 7.85. The van der Waals surface area contributed by atoms with E-state index in [4.69, 9.17) is 16.6 Å². The summed E-state index contributed by atoms with van der Waals surface area (Å²) in [7, 11) is 3.93. The Labute approximate surface area is 157 Å². The summed E-state index contributed by atoms with van der Waals surface area (Å²) in [5.41, 5.74) is 1.67. The van der Waals surface area contributed by atoms with Gasteiger partial charge in [-0.3, -0.25) is 4.98 Å². The molecule has 1 aliphatic heterocycles. The van der Waals surface area contributed by atoms with E-state index in [1.807, 2.05) is 49.5 Å². The predicted octanol–water partition coefficient (Wildman–Crippen LogP) is 2.83. The molecule has 2 aromatic heterocycles. The van der Waals surface area contributed by atoms with Gasteiger partial charge in [-0.05, 0) is 24.6 Å². The lowest BCUT2D eigenvalue weighted by atomic mass is 10.2. The topological polar surface area (TPSA) is 70.1 Å². The summed E-state index contributed by atoms with van der Waals surface area (Å²) in [4.78, 5) is 22.0. The van der Waals surface area contributed by atoms with Gasteiger partial charge in [0.15, 0.2) is 0 Å². The fraction of sp³-hybridized carbons (Fsp3) is 0.333. The van der Waals surface area contributed by atoms with E-state index in [1.54, 1.807) is 6.33 Å². The smallest absolute Gasteiger partial charge is 0.147 e. The van der Waals surface area contributed by atoms with Gasteiger partial charge in [0, 0.05) is 44.3 Å². The van der Waals surface area contributed by atoms with Crippen LogP contribution in [-0.4, -0.2) is 53.2 Å². The van der Waals surface area contributed by atoms with E-state index in [-0.39, 0.29) is 0 Å². The Bertz CT molecular complexity index is 930. The van der Waals surface area contributed by atoms with Crippen LogP contribution in [0.15, 0.2) is 36.8 Å². The minimum Gasteiger partial charge on any atom is -0.365 e. The van der Waals surface area contributed by atoms with Crippen molar-refractivity contribution < 1.29 is 0 Å². The van der Waals surface area contributed by atoms with Crippen LogP contribution in [0.1, 0.15) is 6.42 Å². The summed E-state index contributed by atoms with van der Waals surface area (Å²) in [6.45, 7) is 1.78. The molecule has 0 radical (unpaired) electrons. The zero-order valence-corrected chi connectivity index (χ0v) is 15.5. The highest BCUT2D eigenvalue weighted by Crippen LogP contribution is 2.23. The first-order valence-corrected chi connectivity index (χ1v) is 8.89. The van der Waals surface area contributed by atoms with Crippen LogP contribution in [0, 0.1) is 0 Å². The lowest BCUT2D eigenvalue weighted by Gasteiger charge is -2.19. The van der Waals surface area contributed by atoms with E-state index in [0.717, 1.165) is 48.0 Å². The maximum absolute atomic E-state index is 6.01. The Hall–Kier alpha value is -2.67. The third kappa shape index (κ3) is 3.48. The molecule has 134 valence electrons. The molecular formula is C18H20ClN7. The molecule has 26 heavy (non-hydrogen) atoms. The number of halogens is 1. The summed E-state index contributed by atoms with van der Waals surface area (Å²) in [5.74, 6) is 2.62. The SMILES string of the molecule is CN(C)c1cc(NC2CCN(c3cnc4cc(Cl)ccc4n3)C2)ncn1. The second-order valence-corrected chi connectivity index (χ2v) is 7.03. The molecule has 1 fully saturated rings. The van der Waals surface area contributed by atoms with Gasteiger partial charge in [-0.25, -0.2) is 15.0 Å². The van der Waals surface area contributed by atoms with Gasteiger partial charge in [-0.2, -0.15) is 0 Å². The molecule has 0 saturated carbocycles. The lowest BCUT2D eigenvalue weighted by molar-refractivity contribution is 0.798. The Morgan fingerprint density at radius 1 is 1.15 bits per heavy atom. The van der Waals surface area contributed by atoms with Crippen molar-refractivity contribution in [2.75, 3.05) is 42.3 Å². The number of rotatable bonds is 4. The number of aromatic nitrogens is 4. The van der Waals surface area contributed by atoms with Crippen molar-refractivity contribution in [1.82, 2.24) is 19.9 Å². The van der Waals surface area contributed by atoms with Gasteiger partial charge in [-0.1, -0.05) is 11.6 Å². The van der Waals surface area contributed by atoms with Crippen LogP contribution in [0.5, 0.6) is 0 Å². The monoisotopic (exact) mass is 369 g/mol. The molecule has 3 heterocycles. The molecule has 7 nitrogen and oxygen atoms in total. The number of anilines is 3. The van der Waals surface area contributed by atoms with Crippen molar-refractivity contribution in [1.29, 1.82) is 0 Å². The summed E-state index contributed by atoms with van der Waals surface area (Å²) < 4.78 is 0. The van der Waals surface area contributed by atoms with E-state index >= 15 is 0 Å². The normalized spacial score (nSPS) is 16.9. The van der Waals surface area contributed by atoms with Crippen LogP contribution >= 0.6 is 11.6 Å². The highest BCUT2D eigenvalue weighted by Gasteiger charge is 2.24. The van der Waals surface area contributed by atoms with Crippen LogP contribution in [-0.2, 0) is 0 Å².